The Morgan fingerprint density at radius 3 is 2.88 bits per heavy atom. The van der Waals surface area contributed by atoms with Gasteiger partial charge in [-0.25, -0.2) is 9.37 Å². The van der Waals surface area contributed by atoms with E-state index in [1.165, 1.54) is 0 Å². The van der Waals surface area contributed by atoms with Crippen molar-refractivity contribution in [2.45, 2.75) is 25.9 Å². The van der Waals surface area contributed by atoms with Crippen LogP contribution in [0.25, 0.3) is 10.9 Å². The minimum absolute atomic E-state index is 0.105. The van der Waals surface area contributed by atoms with Gasteiger partial charge in [0.2, 0.25) is 11.8 Å². The van der Waals surface area contributed by atoms with Crippen molar-refractivity contribution in [1.82, 2.24) is 15.0 Å². The second-order valence-electron chi connectivity index (χ2n) is 7.69. The zero-order valence-corrected chi connectivity index (χ0v) is 17.6. The molecule has 8 heteroatoms. The SMILES string of the molecule is Cc1cc2c(F)c(Oc3ccnc(Nc4cccc(OC5CCOCC5)c4)n3)ccc2[nH]1. The highest BCUT2D eigenvalue weighted by molar-refractivity contribution is 5.82. The lowest BCUT2D eigenvalue weighted by atomic mass is 10.1. The standard InChI is InChI=1S/C24H23FN4O3/c1-15-13-19-20(27-15)5-6-21(23(19)25)32-22-7-10-26-24(29-22)28-16-3-2-4-18(14-16)31-17-8-11-30-12-9-17/h2-7,10,13-14,17,27H,8-9,11-12H2,1H3,(H,26,28,29). The molecule has 0 atom stereocenters. The molecule has 4 aromatic rings. The highest BCUT2D eigenvalue weighted by Gasteiger charge is 2.16. The molecule has 1 aliphatic heterocycles. The van der Waals surface area contributed by atoms with Gasteiger partial charge in [-0.3, -0.25) is 0 Å². The van der Waals surface area contributed by atoms with Gasteiger partial charge >= 0.3 is 0 Å². The van der Waals surface area contributed by atoms with Crippen molar-refractivity contribution >= 4 is 22.5 Å². The van der Waals surface area contributed by atoms with Crippen LogP contribution in [0.1, 0.15) is 18.5 Å². The van der Waals surface area contributed by atoms with Crippen LogP contribution in [0.2, 0.25) is 0 Å². The summed E-state index contributed by atoms with van der Waals surface area (Å²) >= 11 is 0. The summed E-state index contributed by atoms with van der Waals surface area (Å²) in [7, 11) is 0. The lowest BCUT2D eigenvalue weighted by Crippen LogP contribution is -2.25. The van der Waals surface area contributed by atoms with Crippen LogP contribution in [0.15, 0.2) is 54.7 Å². The van der Waals surface area contributed by atoms with E-state index in [1.807, 2.05) is 31.2 Å². The molecule has 0 saturated carbocycles. The van der Waals surface area contributed by atoms with Gasteiger partial charge in [0, 0.05) is 53.5 Å². The Bertz CT molecular complexity index is 1240. The van der Waals surface area contributed by atoms with Gasteiger partial charge in [-0.15, -0.1) is 0 Å². The van der Waals surface area contributed by atoms with Crippen molar-refractivity contribution in [3.8, 4) is 17.4 Å². The zero-order chi connectivity index (χ0) is 21.9. The normalized spacial score (nSPS) is 14.4. The molecule has 164 valence electrons. The summed E-state index contributed by atoms with van der Waals surface area (Å²) in [6, 6.07) is 14.3. The predicted octanol–water partition coefficient (Wildman–Crippen LogP) is 5.50. The summed E-state index contributed by atoms with van der Waals surface area (Å²) in [6.45, 7) is 3.33. The number of aryl methyl sites for hydroxylation is 1. The van der Waals surface area contributed by atoms with Crippen LogP contribution in [0.3, 0.4) is 0 Å². The number of benzene rings is 2. The summed E-state index contributed by atoms with van der Waals surface area (Å²) in [5.41, 5.74) is 2.38. The molecule has 5 rings (SSSR count). The number of anilines is 2. The molecule has 1 fully saturated rings. The third kappa shape index (κ3) is 4.50. The molecule has 2 aromatic carbocycles. The number of ether oxygens (including phenoxy) is 3. The molecule has 0 bridgehead atoms. The maximum Gasteiger partial charge on any atom is 0.230 e. The Labute approximate surface area is 184 Å². The summed E-state index contributed by atoms with van der Waals surface area (Å²) in [5, 5.41) is 3.63. The fraction of sp³-hybridized carbons (Fsp3) is 0.250. The Balaban J connectivity index is 1.30. The highest BCUT2D eigenvalue weighted by atomic mass is 19.1. The van der Waals surface area contributed by atoms with E-state index in [-0.39, 0.29) is 17.7 Å². The molecule has 2 N–H and O–H groups in total. The van der Waals surface area contributed by atoms with Crippen LogP contribution < -0.4 is 14.8 Å². The van der Waals surface area contributed by atoms with Crippen molar-refractivity contribution in [1.29, 1.82) is 0 Å². The Morgan fingerprint density at radius 1 is 1.12 bits per heavy atom. The molecule has 0 amide bonds. The smallest absolute Gasteiger partial charge is 0.230 e. The molecular weight excluding hydrogens is 411 g/mol. The number of hydrogen-bond acceptors (Lipinski definition) is 6. The molecule has 1 saturated heterocycles. The number of halogens is 1. The number of nitrogens with zero attached hydrogens (tertiary/aromatic N) is 2. The quantitative estimate of drug-likeness (QED) is 0.417. The first-order valence-electron chi connectivity index (χ1n) is 10.5. The predicted molar refractivity (Wildman–Crippen MR) is 119 cm³/mol. The topological polar surface area (TPSA) is 81.3 Å². The highest BCUT2D eigenvalue weighted by Crippen LogP contribution is 2.30. The molecule has 32 heavy (non-hydrogen) atoms. The number of rotatable bonds is 6. The number of fused-ring (bicyclic) bond motifs is 1. The van der Waals surface area contributed by atoms with E-state index in [0.717, 1.165) is 48.7 Å². The van der Waals surface area contributed by atoms with Gasteiger partial charge in [0.1, 0.15) is 11.9 Å². The number of aromatic nitrogens is 3. The van der Waals surface area contributed by atoms with E-state index in [4.69, 9.17) is 14.2 Å². The fourth-order valence-electron chi connectivity index (χ4n) is 3.70. The van der Waals surface area contributed by atoms with Gasteiger partial charge in [0.05, 0.1) is 13.2 Å². The van der Waals surface area contributed by atoms with Crippen molar-refractivity contribution in [2.75, 3.05) is 18.5 Å². The summed E-state index contributed by atoms with van der Waals surface area (Å²) in [6.07, 6.45) is 3.47. The minimum atomic E-state index is -0.432. The molecule has 0 spiro atoms. The number of nitrogens with one attached hydrogen (secondary N) is 2. The Hall–Kier alpha value is -3.65. The second kappa shape index (κ2) is 8.84. The number of H-pyrrole nitrogens is 1. The molecule has 3 heterocycles. The Kier molecular flexibility index (Phi) is 5.60. The number of aromatic amines is 1. The van der Waals surface area contributed by atoms with Crippen LogP contribution in [0.4, 0.5) is 16.0 Å². The first kappa shape index (κ1) is 20.3. The average molecular weight is 434 g/mol. The van der Waals surface area contributed by atoms with Gasteiger partial charge in [0.15, 0.2) is 11.6 Å². The van der Waals surface area contributed by atoms with E-state index in [2.05, 4.69) is 20.3 Å². The van der Waals surface area contributed by atoms with Crippen LogP contribution in [0, 0.1) is 12.7 Å². The van der Waals surface area contributed by atoms with Gasteiger partial charge < -0.3 is 24.5 Å². The molecule has 0 unspecified atom stereocenters. The summed E-state index contributed by atoms with van der Waals surface area (Å²) in [4.78, 5) is 11.7. The van der Waals surface area contributed by atoms with E-state index in [9.17, 15) is 4.39 Å². The van der Waals surface area contributed by atoms with Gasteiger partial charge in [0.25, 0.3) is 0 Å². The maximum absolute atomic E-state index is 14.8. The lowest BCUT2D eigenvalue weighted by Gasteiger charge is -2.23. The summed E-state index contributed by atoms with van der Waals surface area (Å²) < 4.78 is 32.0. The van der Waals surface area contributed by atoms with Crippen molar-refractivity contribution < 1.29 is 18.6 Å². The van der Waals surface area contributed by atoms with Gasteiger partial charge in [-0.1, -0.05) is 6.07 Å². The fourth-order valence-corrected chi connectivity index (χ4v) is 3.70. The van der Waals surface area contributed by atoms with Crippen LogP contribution in [0.5, 0.6) is 17.4 Å². The van der Waals surface area contributed by atoms with Crippen LogP contribution in [-0.2, 0) is 4.74 Å². The molecule has 7 nitrogen and oxygen atoms in total. The first-order valence-corrected chi connectivity index (χ1v) is 10.5. The number of hydrogen-bond donors (Lipinski definition) is 2. The molecule has 1 aliphatic rings. The average Bonchev–Trinajstić information content (AvgIpc) is 3.18. The zero-order valence-electron chi connectivity index (χ0n) is 17.6. The van der Waals surface area contributed by atoms with Gasteiger partial charge in [-0.05, 0) is 37.3 Å². The van der Waals surface area contributed by atoms with E-state index in [0.29, 0.717) is 11.3 Å². The van der Waals surface area contributed by atoms with E-state index in [1.54, 1.807) is 30.5 Å². The Morgan fingerprint density at radius 2 is 2.00 bits per heavy atom. The maximum atomic E-state index is 14.8. The molecule has 2 aromatic heterocycles. The molecular formula is C24H23FN4O3. The van der Waals surface area contributed by atoms with Crippen molar-refractivity contribution in [2.24, 2.45) is 0 Å². The minimum Gasteiger partial charge on any atom is -0.490 e. The summed E-state index contributed by atoms with van der Waals surface area (Å²) in [5.74, 6) is 1.02. The monoisotopic (exact) mass is 434 g/mol. The third-order valence-electron chi connectivity index (χ3n) is 5.24. The lowest BCUT2D eigenvalue weighted by molar-refractivity contribution is 0.0256. The van der Waals surface area contributed by atoms with Gasteiger partial charge in [-0.2, -0.15) is 4.98 Å². The first-order chi connectivity index (χ1) is 15.6. The van der Waals surface area contributed by atoms with E-state index < -0.39 is 5.82 Å². The van der Waals surface area contributed by atoms with E-state index >= 15 is 0 Å². The second-order valence-corrected chi connectivity index (χ2v) is 7.69. The van der Waals surface area contributed by atoms with Crippen molar-refractivity contribution in [3.63, 3.8) is 0 Å². The van der Waals surface area contributed by atoms with Crippen LogP contribution >= 0.6 is 0 Å². The van der Waals surface area contributed by atoms with Crippen molar-refractivity contribution in [3.05, 3.63) is 66.2 Å². The molecule has 0 radical (unpaired) electrons. The van der Waals surface area contributed by atoms with Crippen LogP contribution in [-0.4, -0.2) is 34.3 Å². The molecule has 0 aliphatic carbocycles. The third-order valence-corrected chi connectivity index (χ3v) is 5.24. The largest absolute Gasteiger partial charge is 0.490 e.